The SMILES string of the molecule is COc1cc2ncnc(N3CCN(C(=O)Nc4ccsc4)CC3)c2cc1OC.Cl. The third-order valence-corrected chi connectivity index (χ3v) is 5.44. The minimum absolute atomic E-state index is 0. The molecule has 29 heavy (non-hydrogen) atoms. The van der Waals surface area contributed by atoms with Crippen molar-refractivity contribution in [2.75, 3.05) is 50.6 Å². The van der Waals surface area contributed by atoms with Gasteiger partial charge in [-0.2, -0.15) is 11.3 Å². The number of ether oxygens (including phenoxy) is 2. The summed E-state index contributed by atoms with van der Waals surface area (Å²) in [5, 5.41) is 7.69. The van der Waals surface area contributed by atoms with Crippen molar-refractivity contribution >= 4 is 52.2 Å². The molecular formula is C19H22ClN5O3S. The van der Waals surface area contributed by atoms with Gasteiger partial charge in [-0.1, -0.05) is 0 Å². The number of halogens is 1. The van der Waals surface area contributed by atoms with Gasteiger partial charge in [-0.25, -0.2) is 14.8 Å². The number of carbonyl (C=O) groups excluding carboxylic acids is 1. The predicted molar refractivity (Wildman–Crippen MR) is 117 cm³/mol. The number of amides is 2. The Kier molecular flexibility index (Phi) is 6.60. The van der Waals surface area contributed by atoms with Crippen LogP contribution in [0.1, 0.15) is 0 Å². The van der Waals surface area contributed by atoms with Crippen molar-refractivity contribution in [3.8, 4) is 11.5 Å². The Morgan fingerprint density at radius 3 is 2.48 bits per heavy atom. The van der Waals surface area contributed by atoms with Crippen molar-refractivity contribution in [1.82, 2.24) is 14.9 Å². The summed E-state index contributed by atoms with van der Waals surface area (Å²) in [6.45, 7) is 2.62. The Morgan fingerprint density at radius 2 is 1.83 bits per heavy atom. The van der Waals surface area contributed by atoms with Gasteiger partial charge in [-0.05, 0) is 17.5 Å². The molecule has 0 spiro atoms. The minimum Gasteiger partial charge on any atom is -0.493 e. The summed E-state index contributed by atoms with van der Waals surface area (Å²) < 4.78 is 10.8. The maximum absolute atomic E-state index is 12.4. The molecule has 0 aliphatic carbocycles. The molecule has 4 rings (SSSR count). The van der Waals surface area contributed by atoms with Crippen LogP contribution in [0.5, 0.6) is 11.5 Å². The van der Waals surface area contributed by atoms with Crippen LogP contribution in [0, 0.1) is 0 Å². The van der Waals surface area contributed by atoms with Crippen LogP contribution in [0.15, 0.2) is 35.3 Å². The van der Waals surface area contributed by atoms with Gasteiger partial charge >= 0.3 is 6.03 Å². The maximum atomic E-state index is 12.4. The van der Waals surface area contributed by atoms with Crippen LogP contribution in [-0.2, 0) is 0 Å². The van der Waals surface area contributed by atoms with E-state index in [1.807, 2.05) is 33.9 Å². The molecule has 2 aromatic heterocycles. The van der Waals surface area contributed by atoms with E-state index in [0.29, 0.717) is 37.7 Å². The first-order valence-electron chi connectivity index (χ1n) is 8.89. The number of aromatic nitrogens is 2. The molecule has 0 atom stereocenters. The topological polar surface area (TPSA) is 79.8 Å². The number of nitrogens with one attached hydrogen (secondary N) is 1. The highest BCUT2D eigenvalue weighted by atomic mass is 35.5. The molecule has 0 unspecified atom stereocenters. The summed E-state index contributed by atoms with van der Waals surface area (Å²) in [6.07, 6.45) is 1.55. The number of rotatable bonds is 4. The average Bonchev–Trinajstić information content (AvgIpc) is 3.25. The number of piperazine rings is 1. The van der Waals surface area contributed by atoms with Crippen molar-refractivity contribution in [1.29, 1.82) is 0 Å². The molecule has 1 aliphatic rings. The highest BCUT2D eigenvalue weighted by Gasteiger charge is 2.24. The fourth-order valence-corrected chi connectivity index (χ4v) is 3.87. The van der Waals surface area contributed by atoms with E-state index in [1.165, 1.54) is 0 Å². The van der Waals surface area contributed by atoms with E-state index in [9.17, 15) is 4.79 Å². The summed E-state index contributed by atoms with van der Waals surface area (Å²) in [6, 6.07) is 5.58. The number of fused-ring (bicyclic) bond motifs is 1. The Balaban J connectivity index is 0.00000240. The Labute approximate surface area is 178 Å². The van der Waals surface area contributed by atoms with Gasteiger partial charge in [0.1, 0.15) is 12.1 Å². The molecule has 10 heteroatoms. The van der Waals surface area contributed by atoms with Gasteiger partial charge in [0.15, 0.2) is 11.5 Å². The molecular weight excluding hydrogens is 414 g/mol. The van der Waals surface area contributed by atoms with E-state index < -0.39 is 0 Å². The van der Waals surface area contributed by atoms with Crippen LogP contribution in [0.3, 0.4) is 0 Å². The van der Waals surface area contributed by atoms with Crippen molar-refractivity contribution in [2.45, 2.75) is 0 Å². The van der Waals surface area contributed by atoms with Gasteiger partial charge in [-0.15, -0.1) is 12.4 Å². The maximum Gasteiger partial charge on any atom is 0.321 e. The van der Waals surface area contributed by atoms with Gasteiger partial charge in [0.2, 0.25) is 0 Å². The van der Waals surface area contributed by atoms with Crippen molar-refractivity contribution < 1.29 is 14.3 Å². The summed E-state index contributed by atoms with van der Waals surface area (Å²) in [4.78, 5) is 25.3. The van der Waals surface area contributed by atoms with Gasteiger partial charge < -0.3 is 24.6 Å². The molecule has 1 saturated heterocycles. The molecule has 154 valence electrons. The normalized spacial score (nSPS) is 13.7. The highest BCUT2D eigenvalue weighted by molar-refractivity contribution is 7.08. The zero-order valence-corrected chi connectivity index (χ0v) is 17.8. The molecule has 1 aromatic carbocycles. The van der Waals surface area contributed by atoms with E-state index in [2.05, 4.69) is 20.2 Å². The van der Waals surface area contributed by atoms with E-state index in [4.69, 9.17) is 9.47 Å². The average molecular weight is 436 g/mol. The molecule has 0 bridgehead atoms. The second kappa shape index (κ2) is 9.15. The van der Waals surface area contributed by atoms with E-state index >= 15 is 0 Å². The number of carbonyl (C=O) groups is 1. The monoisotopic (exact) mass is 435 g/mol. The quantitative estimate of drug-likeness (QED) is 0.675. The lowest BCUT2D eigenvalue weighted by Crippen LogP contribution is -2.50. The molecule has 0 radical (unpaired) electrons. The van der Waals surface area contributed by atoms with Crippen molar-refractivity contribution in [2.24, 2.45) is 0 Å². The van der Waals surface area contributed by atoms with E-state index in [1.54, 1.807) is 31.9 Å². The Bertz CT molecular complexity index is 977. The predicted octanol–water partition coefficient (Wildman–Crippen LogP) is 3.48. The molecule has 1 N–H and O–H groups in total. The Morgan fingerprint density at radius 1 is 1.10 bits per heavy atom. The largest absolute Gasteiger partial charge is 0.493 e. The van der Waals surface area contributed by atoms with Gasteiger partial charge in [0.05, 0.1) is 25.4 Å². The molecule has 8 nitrogen and oxygen atoms in total. The van der Waals surface area contributed by atoms with Crippen molar-refractivity contribution in [3.05, 3.63) is 35.3 Å². The summed E-state index contributed by atoms with van der Waals surface area (Å²) >= 11 is 1.56. The van der Waals surface area contributed by atoms with Crippen molar-refractivity contribution in [3.63, 3.8) is 0 Å². The number of anilines is 2. The second-order valence-corrected chi connectivity index (χ2v) is 7.12. The van der Waals surface area contributed by atoms with Crippen LogP contribution in [0.2, 0.25) is 0 Å². The number of benzene rings is 1. The fourth-order valence-electron chi connectivity index (χ4n) is 3.28. The summed E-state index contributed by atoms with van der Waals surface area (Å²) in [5.74, 6) is 2.11. The lowest BCUT2D eigenvalue weighted by molar-refractivity contribution is 0.208. The van der Waals surface area contributed by atoms with Crippen LogP contribution >= 0.6 is 23.7 Å². The van der Waals surface area contributed by atoms with Crippen LogP contribution < -0.4 is 19.7 Å². The summed E-state index contributed by atoms with van der Waals surface area (Å²) in [7, 11) is 3.21. The first kappa shape index (κ1) is 20.9. The number of thiophene rings is 1. The lowest BCUT2D eigenvalue weighted by atomic mass is 10.2. The van der Waals surface area contributed by atoms with Crippen LogP contribution in [-0.4, -0.2) is 61.3 Å². The standard InChI is InChI=1S/C19H21N5O3S.ClH/c1-26-16-9-14-15(10-17(16)27-2)20-12-21-18(14)23-4-6-24(7-5-23)19(25)22-13-3-8-28-11-13;/h3,8-12H,4-7H2,1-2H3,(H,22,25);1H. The number of urea groups is 1. The first-order valence-corrected chi connectivity index (χ1v) is 9.83. The number of hydrogen-bond donors (Lipinski definition) is 1. The van der Waals surface area contributed by atoms with Gasteiger partial charge in [0.25, 0.3) is 0 Å². The van der Waals surface area contributed by atoms with E-state index in [0.717, 1.165) is 22.4 Å². The summed E-state index contributed by atoms with van der Waals surface area (Å²) in [5.41, 5.74) is 1.63. The lowest BCUT2D eigenvalue weighted by Gasteiger charge is -2.35. The zero-order valence-electron chi connectivity index (χ0n) is 16.1. The van der Waals surface area contributed by atoms with E-state index in [-0.39, 0.29) is 18.4 Å². The molecule has 0 saturated carbocycles. The zero-order chi connectivity index (χ0) is 19.5. The highest BCUT2D eigenvalue weighted by Crippen LogP contribution is 2.34. The molecule has 1 aliphatic heterocycles. The van der Waals surface area contributed by atoms with Crippen LogP contribution in [0.25, 0.3) is 10.9 Å². The van der Waals surface area contributed by atoms with Crippen LogP contribution in [0.4, 0.5) is 16.3 Å². The molecule has 2 amide bonds. The second-order valence-electron chi connectivity index (χ2n) is 6.34. The number of nitrogens with zero attached hydrogens (tertiary/aromatic N) is 4. The third-order valence-electron chi connectivity index (χ3n) is 4.76. The first-order chi connectivity index (χ1) is 13.7. The molecule has 3 heterocycles. The smallest absolute Gasteiger partial charge is 0.321 e. The van der Waals surface area contributed by atoms with Gasteiger partial charge in [-0.3, -0.25) is 0 Å². The Hall–Kier alpha value is -2.78. The fraction of sp³-hybridized carbons (Fsp3) is 0.316. The molecule has 3 aromatic rings. The molecule has 1 fully saturated rings. The third kappa shape index (κ3) is 4.30. The number of hydrogen-bond acceptors (Lipinski definition) is 7. The minimum atomic E-state index is -0.0722. The number of methoxy groups -OCH3 is 2. The van der Waals surface area contributed by atoms with Gasteiger partial charge in [0, 0.05) is 43.0 Å².